The summed E-state index contributed by atoms with van der Waals surface area (Å²) in [5, 5.41) is 4.36. The third kappa shape index (κ3) is 3.39. The number of likely N-dealkylation sites (tertiary alicyclic amines) is 1. The minimum absolute atomic E-state index is 0.0520. The van der Waals surface area contributed by atoms with Gasteiger partial charge in [0.05, 0.1) is 24.3 Å². The molecule has 1 aliphatic heterocycles. The van der Waals surface area contributed by atoms with Crippen LogP contribution < -0.4 is 4.74 Å². The van der Waals surface area contributed by atoms with E-state index in [1.807, 2.05) is 6.07 Å². The third-order valence-corrected chi connectivity index (χ3v) is 4.99. The number of halogens is 3. The van der Waals surface area contributed by atoms with Gasteiger partial charge < -0.3 is 9.64 Å². The van der Waals surface area contributed by atoms with Gasteiger partial charge in [0.1, 0.15) is 5.52 Å². The van der Waals surface area contributed by atoms with E-state index in [1.165, 1.54) is 12.1 Å². The Bertz CT molecular complexity index is 1040. The molecular weight excluding hydrogens is 373 g/mol. The first kappa shape index (κ1) is 18.3. The van der Waals surface area contributed by atoms with Gasteiger partial charge in [0, 0.05) is 25.2 Å². The molecule has 0 saturated carbocycles. The Morgan fingerprint density at radius 2 is 2.07 bits per heavy atom. The molecule has 146 valence electrons. The first-order valence-corrected chi connectivity index (χ1v) is 8.74. The van der Waals surface area contributed by atoms with Crippen LogP contribution in [0.2, 0.25) is 0 Å². The van der Waals surface area contributed by atoms with E-state index in [0.29, 0.717) is 29.6 Å². The Morgan fingerprint density at radius 1 is 1.25 bits per heavy atom. The van der Waals surface area contributed by atoms with E-state index < -0.39 is 18.2 Å². The average Bonchev–Trinajstić information content (AvgIpc) is 3.21. The second-order valence-corrected chi connectivity index (χ2v) is 6.68. The second-order valence-electron chi connectivity index (χ2n) is 6.68. The molecule has 6 nitrogen and oxygen atoms in total. The lowest BCUT2D eigenvalue weighted by molar-refractivity contribution is -0.127. The molecule has 1 saturated heterocycles. The van der Waals surface area contributed by atoms with E-state index in [1.54, 1.807) is 29.0 Å². The maximum Gasteiger partial charge on any atom is 0.387 e. The molecule has 3 heterocycles. The number of fused-ring (bicyclic) bond motifs is 1. The number of amides is 1. The fraction of sp³-hybridized carbons (Fsp3) is 0.316. The minimum atomic E-state index is -3.11. The number of alkyl halides is 2. The van der Waals surface area contributed by atoms with Gasteiger partial charge in [-0.1, -0.05) is 6.07 Å². The summed E-state index contributed by atoms with van der Waals surface area (Å²) >= 11 is 0. The molecule has 3 aromatic rings. The Kier molecular flexibility index (Phi) is 4.66. The van der Waals surface area contributed by atoms with Gasteiger partial charge in [0.25, 0.3) is 0 Å². The number of carbonyl (C=O) groups excluding carboxylic acids is 1. The molecule has 2 aromatic heterocycles. The van der Waals surface area contributed by atoms with Crippen molar-refractivity contribution in [2.75, 3.05) is 7.05 Å². The highest BCUT2D eigenvalue weighted by Crippen LogP contribution is 2.29. The highest BCUT2D eigenvalue weighted by Gasteiger charge is 2.28. The topological polar surface area (TPSA) is 60.2 Å². The Hall–Kier alpha value is -3.10. The number of carbonyl (C=O) groups is 1. The fourth-order valence-electron chi connectivity index (χ4n) is 3.41. The monoisotopic (exact) mass is 390 g/mol. The highest BCUT2D eigenvalue weighted by molar-refractivity contribution is 5.81. The van der Waals surface area contributed by atoms with Crippen LogP contribution in [0.25, 0.3) is 22.2 Å². The van der Waals surface area contributed by atoms with Gasteiger partial charge in [-0.3, -0.25) is 14.5 Å². The van der Waals surface area contributed by atoms with E-state index in [2.05, 4.69) is 14.8 Å². The molecule has 1 aliphatic rings. The van der Waals surface area contributed by atoms with Gasteiger partial charge >= 0.3 is 6.61 Å². The van der Waals surface area contributed by atoms with Gasteiger partial charge in [0.15, 0.2) is 11.6 Å². The van der Waals surface area contributed by atoms with Crippen molar-refractivity contribution in [3.63, 3.8) is 0 Å². The maximum atomic E-state index is 13.7. The summed E-state index contributed by atoms with van der Waals surface area (Å²) in [7, 11) is 1.78. The smallest absolute Gasteiger partial charge is 0.387 e. The number of pyridine rings is 1. The first-order valence-electron chi connectivity index (χ1n) is 8.74. The molecule has 0 aliphatic carbocycles. The predicted molar refractivity (Wildman–Crippen MR) is 95.3 cm³/mol. The summed E-state index contributed by atoms with van der Waals surface area (Å²) in [6.45, 7) is -2.59. The SMILES string of the molecule is CN1C(=O)CCC1Cn1ncc2ncc(-c3ccc(F)c(OC(F)F)c3)cc21. The van der Waals surface area contributed by atoms with Crippen LogP contribution in [0.4, 0.5) is 13.2 Å². The van der Waals surface area contributed by atoms with Crippen LogP contribution in [0.3, 0.4) is 0 Å². The fourth-order valence-corrected chi connectivity index (χ4v) is 3.41. The Balaban J connectivity index is 1.67. The molecular formula is C19H17F3N4O2. The predicted octanol–water partition coefficient (Wildman–Crippen LogP) is 3.46. The normalized spacial score (nSPS) is 17.1. The molecule has 0 N–H and O–H groups in total. The number of benzene rings is 1. The lowest BCUT2D eigenvalue weighted by Crippen LogP contribution is -2.32. The number of ether oxygens (including phenoxy) is 1. The van der Waals surface area contributed by atoms with Crippen molar-refractivity contribution < 1.29 is 22.7 Å². The highest BCUT2D eigenvalue weighted by atomic mass is 19.3. The molecule has 0 radical (unpaired) electrons. The van der Waals surface area contributed by atoms with Gasteiger partial charge in [-0.05, 0) is 30.2 Å². The number of hydrogen-bond donors (Lipinski definition) is 0. The van der Waals surface area contributed by atoms with E-state index in [9.17, 15) is 18.0 Å². The van der Waals surface area contributed by atoms with E-state index in [0.717, 1.165) is 18.0 Å². The van der Waals surface area contributed by atoms with E-state index in [4.69, 9.17) is 0 Å². The van der Waals surface area contributed by atoms with Crippen molar-refractivity contribution in [3.05, 3.63) is 42.5 Å². The van der Waals surface area contributed by atoms with Crippen LogP contribution in [0.1, 0.15) is 12.8 Å². The summed E-state index contributed by atoms with van der Waals surface area (Å²) in [5.41, 5.74) is 2.52. The average molecular weight is 390 g/mol. The minimum Gasteiger partial charge on any atom is -0.432 e. The summed E-state index contributed by atoms with van der Waals surface area (Å²) in [4.78, 5) is 17.8. The van der Waals surface area contributed by atoms with E-state index in [-0.39, 0.29) is 11.9 Å². The molecule has 0 bridgehead atoms. The van der Waals surface area contributed by atoms with Crippen LogP contribution in [0.15, 0.2) is 36.7 Å². The molecule has 1 unspecified atom stereocenters. The van der Waals surface area contributed by atoms with Crippen molar-refractivity contribution in [1.82, 2.24) is 19.7 Å². The lowest BCUT2D eigenvalue weighted by atomic mass is 10.1. The van der Waals surface area contributed by atoms with Gasteiger partial charge in [-0.2, -0.15) is 13.9 Å². The Labute approximate surface area is 158 Å². The van der Waals surface area contributed by atoms with Crippen molar-refractivity contribution >= 4 is 16.9 Å². The van der Waals surface area contributed by atoms with Gasteiger partial charge in [-0.25, -0.2) is 4.39 Å². The summed E-state index contributed by atoms with van der Waals surface area (Å²) in [5.74, 6) is -1.28. The van der Waals surface area contributed by atoms with Crippen LogP contribution in [0, 0.1) is 5.82 Å². The maximum absolute atomic E-state index is 13.7. The molecule has 9 heteroatoms. The molecule has 0 spiro atoms. The zero-order valence-electron chi connectivity index (χ0n) is 15.0. The van der Waals surface area contributed by atoms with Crippen LogP contribution in [-0.2, 0) is 11.3 Å². The number of aromatic nitrogens is 3. The number of rotatable bonds is 5. The number of hydrogen-bond acceptors (Lipinski definition) is 4. The van der Waals surface area contributed by atoms with Gasteiger partial charge in [0.2, 0.25) is 5.91 Å². The van der Waals surface area contributed by atoms with Crippen molar-refractivity contribution in [1.29, 1.82) is 0 Å². The van der Waals surface area contributed by atoms with Crippen molar-refractivity contribution in [3.8, 4) is 16.9 Å². The molecule has 1 atom stereocenters. The molecule has 1 aromatic carbocycles. The van der Waals surface area contributed by atoms with Crippen LogP contribution in [0.5, 0.6) is 5.75 Å². The largest absolute Gasteiger partial charge is 0.432 e. The molecule has 1 amide bonds. The molecule has 4 rings (SSSR count). The second kappa shape index (κ2) is 7.14. The van der Waals surface area contributed by atoms with Crippen LogP contribution >= 0.6 is 0 Å². The lowest BCUT2D eigenvalue weighted by Gasteiger charge is -2.20. The quantitative estimate of drug-likeness (QED) is 0.670. The van der Waals surface area contributed by atoms with E-state index >= 15 is 0 Å². The summed E-state index contributed by atoms with van der Waals surface area (Å²) < 4.78 is 44.6. The zero-order valence-corrected chi connectivity index (χ0v) is 15.0. The molecule has 28 heavy (non-hydrogen) atoms. The van der Waals surface area contributed by atoms with Crippen LogP contribution in [-0.4, -0.2) is 45.3 Å². The number of likely N-dealkylation sites (N-methyl/N-ethyl adjacent to an activating group) is 1. The van der Waals surface area contributed by atoms with Crippen molar-refractivity contribution in [2.24, 2.45) is 0 Å². The zero-order chi connectivity index (χ0) is 19.8. The summed E-state index contributed by atoms with van der Waals surface area (Å²) in [6.07, 6.45) is 4.48. The molecule has 1 fully saturated rings. The van der Waals surface area contributed by atoms with Gasteiger partial charge in [-0.15, -0.1) is 0 Å². The number of nitrogens with zero attached hydrogens (tertiary/aromatic N) is 4. The first-order chi connectivity index (χ1) is 13.4. The standard InChI is InChI=1S/C19H17F3N4O2/c1-25-13(3-5-18(25)27)10-26-16-6-12(8-23-15(16)9-24-26)11-2-4-14(20)17(7-11)28-19(21)22/h2,4,6-9,13,19H,3,5,10H2,1H3. The Morgan fingerprint density at radius 3 is 2.79 bits per heavy atom. The van der Waals surface area contributed by atoms with Crippen molar-refractivity contribution in [2.45, 2.75) is 32.0 Å². The third-order valence-electron chi connectivity index (χ3n) is 4.99. The summed E-state index contributed by atoms with van der Waals surface area (Å²) in [6, 6.07) is 5.63.